The van der Waals surface area contributed by atoms with Gasteiger partial charge in [0.15, 0.2) is 0 Å². The minimum absolute atomic E-state index is 0.108. The fourth-order valence-electron chi connectivity index (χ4n) is 1.92. The summed E-state index contributed by atoms with van der Waals surface area (Å²) in [4.78, 5) is 0. The summed E-state index contributed by atoms with van der Waals surface area (Å²) in [6, 6.07) is 15.4. The zero-order valence-corrected chi connectivity index (χ0v) is 11.9. The van der Waals surface area contributed by atoms with Gasteiger partial charge in [-0.25, -0.2) is 0 Å². The second kappa shape index (κ2) is 6.09. The van der Waals surface area contributed by atoms with Gasteiger partial charge in [0.1, 0.15) is 11.9 Å². The van der Waals surface area contributed by atoms with Crippen molar-refractivity contribution in [3.63, 3.8) is 0 Å². The Morgan fingerprint density at radius 2 is 1.79 bits per heavy atom. The van der Waals surface area contributed by atoms with Crippen LogP contribution in [0.4, 0.5) is 0 Å². The molecule has 0 spiro atoms. The lowest BCUT2D eigenvalue weighted by atomic mass is 10.0. The third-order valence-electron chi connectivity index (χ3n) is 3.14. The predicted octanol–water partition coefficient (Wildman–Crippen LogP) is 4.12. The average Bonchev–Trinajstić information content (AvgIpc) is 2.43. The molecule has 0 saturated carbocycles. The first-order valence-electron chi connectivity index (χ1n) is 6.31. The molecule has 0 aliphatic rings. The summed E-state index contributed by atoms with van der Waals surface area (Å²) < 4.78 is 5.88. The lowest BCUT2D eigenvalue weighted by Gasteiger charge is -2.22. The highest BCUT2D eigenvalue weighted by atomic mass is 35.5. The van der Waals surface area contributed by atoms with Crippen LogP contribution in [0, 0.1) is 6.92 Å². The Hall–Kier alpha value is -1.51. The highest BCUT2D eigenvalue weighted by molar-refractivity contribution is 6.31. The minimum atomic E-state index is -0.155. The van der Waals surface area contributed by atoms with Crippen molar-refractivity contribution in [1.29, 1.82) is 0 Å². The maximum absolute atomic E-state index is 6.20. The molecule has 0 bridgehead atoms. The van der Waals surface area contributed by atoms with Crippen LogP contribution in [0.2, 0.25) is 5.02 Å². The Morgan fingerprint density at radius 3 is 2.42 bits per heavy atom. The Morgan fingerprint density at radius 1 is 1.11 bits per heavy atom. The van der Waals surface area contributed by atoms with E-state index in [1.54, 1.807) is 0 Å². The van der Waals surface area contributed by atoms with Crippen LogP contribution in [0.1, 0.15) is 24.1 Å². The number of halogens is 1. The molecule has 0 aliphatic heterocycles. The molecule has 2 rings (SSSR count). The quantitative estimate of drug-likeness (QED) is 0.911. The molecule has 2 atom stereocenters. The van der Waals surface area contributed by atoms with Crippen molar-refractivity contribution in [2.75, 3.05) is 0 Å². The van der Waals surface area contributed by atoms with Gasteiger partial charge in [-0.15, -0.1) is 0 Å². The lowest BCUT2D eigenvalue weighted by molar-refractivity contribution is 0.190. The first kappa shape index (κ1) is 13.9. The Labute approximate surface area is 119 Å². The molecule has 0 fully saturated rings. The van der Waals surface area contributed by atoms with Gasteiger partial charge in [0, 0.05) is 5.02 Å². The summed E-state index contributed by atoms with van der Waals surface area (Å²) in [6.07, 6.45) is -0.108. The zero-order valence-electron chi connectivity index (χ0n) is 11.1. The van der Waals surface area contributed by atoms with E-state index in [2.05, 4.69) is 0 Å². The first-order valence-corrected chi connectivity index (χ1v) is 6.69. The molecule has 19 heavy (non-hydrogen) atoms. The van der Waals surface area contributed by atoms with E-state index < -0.39 is 0 Å². The third-order valence-corrected chi connectivity index (χ3v) is 3.57. The second-order valence-electron chi connectivity index (χ2n) is 4.67. The van der Waals surface area contributed by atoms with E-state index in [0.29, 0.717) is 0 Å². The van der Waals surface area contributed by atoms with E-state index in [9.17, 15) is 0 Å². The van der Waals surface area contributed by atoms with Gasteiger partial charge in [-0.3, -0.25) is 0 Å². The molecule has 3 heteroatoms. The van der Waals surface area contributed by atoms with Crippen LogP contribution in [-0.4, -0.2) is 6.10 Å². The normalized spacial score (nSPS) is 13.9. The minimum Gasteiger partial charge on any atom is -0.489 e. The summed E-state index contributed by atoms with van der Waals surface area (Å²) in [5.74, 6) is 0.792. The average molecular weight is 276 g/mol. The summed E-state index contributed by atoms with van der Waals surface area (Å²) >= 11 is 6.00. The van der Waals surface area contributed by atoms with E-state index in [-0.39, 0.29) is 12.1 Å². The van der Waals surface area contributed by atoms with E-state index in [1.807, 2.05) is 62.4 Å². The largest absolute Gasteiger partial charge is 0.489 e. The summed E-state index contributed by atoms with van der Waals surface area (Å²) in [5.41, 5.74) is 8.27. The van der Waals surface area contributed by atoms with Gasteiger partial charge in [-0.05, 0) is 43.2 Å². The van der Waals surface area contributed by atoms with Crippen molar-refractivity contribution in [3.05, 3.63) is 64.7 Å². The predicted molar refractivity (Wildman–Crippen MR) is 79.6 cm³/mol. The number of benzene rings is 2. The summed E-state index contributed by atoms with van der Waals surface area (Å²) in [5, 5.41) is 0.743. The monoisotopic (exact) mass is 275 g/mol. The molecule has 2 N–H and O–H groups in total. The van der Waals surface area contributed by atoms with E-state index in [1.165, 1.54) is 0 Å². The number of nitrogens with two attached hydrogens (primary N) is 1. The van der Waals surface area contributed by atoms with Crippen molar-refractivity contribution >= 4 is 11.6 Å². The maximum atomic E-state index is 6.20. The smallest absolute Gasteiger partial charge is 0.120 e. The Kier molecular flexibility index (Phi) is 4.46. The van der Waals surface area contributed by atoms with Gasteiger partial charge in [0.05, 0.1) is 6.04 Å². The Balaban J connectivity index is 2.08. The number of ether oxygens (including phenoxy) is 1. The summed E-state index contributed by atoms with van der Waals surface area (Å²) in [7, 11) is 0. The molecule has 2 aromatic carbocycles. The van der Waals surface area contributed by atoms with Crippen LogP contribution in [0.3, 0.4) is 0 Å². The number of rotatable bonds is 4. The molecule has 2 unspecified atom stereocenters. The molecule has 0 amide bonds. The number of hydrogen-bond donors (Lipinski definition) is 1. The van der Waals surface area contributed by atoms with Crippen LogP contribution >= 0.6 is 11.6 Å². The number of hydrogen-bond acceptors (Lipinski definition) is 2. The molecule has 2 nitrogen and oxygen atoms in total. The standard InChI is InChI=1S/C16H18ClNO/c1-11-10-14(8-9-15(11)17)19-12(2)16(18)13-6-4-3-5-7-13/h3-10,12,16H,18H2,1-2H3. The lowest BCUT2D eigenvalue weighted by Crippen LogP contribution is -2.28. The topological polar surface area (TPSA) is 35.2 Å². The van der Waals surface area contributed by atoms with Gasteiger partial charge in [-0.1, -0.05) is 41.9 Å². The zero-order chi connectivity index (χ0) is 13.8. The van der Waals surface area contributed by atoms with Crippen molar-refractivity contribution in [2.24, 2.45) is 5.73 Å². The first-order chi connectivity index (χ1) is 9.08. The van der Waals surface area contributed by atoms with Crippen LogP contribution in [-0.2, 0) is 0 Å². The molecule has 0 radical (unpaired) electrons. The fourth-order valence-corrected chi connectivity index (χ4v) is 2.04. The van der Waals surface area contributed by atoms with Crippen molar-refractivity contribution in [3.8, 4) is 5.75 Å². The van der Waals surface area contributed by atoms with Crippen molar-refractivity contribution in [1.82, 2.24) is 0 Å². The van der Waals surface area contributed by atoms with Crippen LogP contribution in [0.15, 0.2) is 48.5 Å². The molecular weight excluding hydrogens is 258 g/mol. The fraction of sp³-hybridized carbons (Fsp3) is 0.250. The molecule has 0 aromatic heterocycles. The van der Waals surface area contributed by atoms with Crippen LogP contribution < -0.4 is 10.5 Å². The van der Waals surface area contributed by atoms with Crippen molar-refractivity contribution < 1.29 is 4.74 Å². The van der Waals surface area contributed by atoms with Crippen molar-refractivity contribution in [2.45, 2.75) is 26.0 Å². The highest BCUT2D eigenvalue weighted by Crippen LogP contribution is 2.24. The van der Waals surface area contributed by atoms with Gasteiger partial charge in [0.25, 0.3) is 0 Å². The molecule has 0 saturated heterocycles. The third kappa shape index (κ3) is 3.49. The van der Waals surface area contributed by atoms with Crippen LogP contribution in [0.5, 0.6) is 5.75 Å². The van der Waals surface area contributed by atoms with Gasteiger partial charge in [-0.2, -0.15) is 0 Å². The SMILES string of the molecule is Cc1cc(OC(C)C(N)c2ccccc2)ccc1Cl. The summed E-state index contributed by atoms with van der Waals surface area (Å²) in [6.45, 7) is 3.93. The molecule has 100 valence electrons. The van der Waals surface area contributed by atoms with Crippen LogP contribution in [0.25, 0.3) is 0 Å². The van der Waals surface area contributed by atoms with Gasteiger partial charge < -0.3 is 10.5 Å². The molecule has 0 aliphatic carbocycles. The van der Waals surface area contributed by atoms with E-state index in [0.717, 1.165) is 21.9 Å². The van der Waals surface area contributed by atoms with Gasteiger partial charge >= 0.3 is 0 Å². The van der Waals surface area contributed by atoms with E-state index >= 15 is 0 Å². The number of aryl methyl sites for hydroxylation is 1. The highest BCUT2D eigenvalue weighted by Gasteiger charge is 2.16. The maximum Gasteiger partial charge on any atom is 0.120 e. The van der Waals surface area contributed by atoms with E-state index in [4.69, 9.17) is 22.1 Å². The Bertz CT molecular complexity index is 542. The molecule has 2 aromatic rings. The second-order valence-corrected chi connectivity index (χ2v) is 5.08. The molecular formula is C16H18ClNO. The van der Waals surface area contributed by atoms with Gasteiger partial charge in [0.2, 0.25) is 0 Å². The molecule has 0 heterocycles.